The van der Waals surface area contributed by atoms with E-state index in [2.05, 4.69) is 6.92 Å². The summed E-state index contributed by atoms with van der Waals surface area (Å²) in [6.45, 7) is 7.77. The van der Waals surface area contributed by atoms with Gasteiger partial charge in [0.05, 0.1) is 5.41 Å². The Balaban J connectivity index is 1.80. The summed E-state index contributed by atoms with van der Waals surface area (Å²) in [5.41, 5.74) is -0.434. The lowest BCUT2D eigenvalue weighted by Crippen LogP contribution is -2.56. The molecule has 7 atom stereocenters. The number of aliphatic hydroxyl groups excluding tert-OH is 3. The second-order valence-electron chi connectivity index (χ2n) is 9.79. The van der Waals surface area contributed by atoms with Crippen molar-refractivity contribution in [2.45, 2.75) is 59.8 Å². The molecule has 0 heterocycles. The fraction of sp³-hybridized carbons (Fsp3) is 0.727. The maximum atomic E-state index is 13.1. The molecule has 5 nitrogen and oxygen atoms in total. The summed E-state index contributed by atoms with van der Waals surface area (Å²) >= 11 is 0. The van der Waals surface area contributed by atoms with Gasteiger partial charge in [-0.2, -0.15) is 0 Å². The number of hydrogen-bond donors (Lipinski definition) is 3. The number of allylic oxidation sites excluding steroid dienone is 2. The van der Waals surface area contributed by atoms with E-state index in [-0.39, 0.29) is 40.6 Å². The molecule has 0 radical (unpaired) electrons. The molecule has 148 valence electrons. The van der Waals surface area contributed by atoms with Crippen molar-refractivity contribution in [1.82, 2.24) is 0 Å². The minimum Gasteiger partial charge on any atom is -0.504 e. The molecule has 0 amide bonds. The molecule has 0 aromatic rings. The highest BCUT2D eigenvalue weighted by atomic mass is 16.3. The Bertz CT molecular complexity index is 793. The molecule has 0 bridgehead atoms. The molecule has 5 heteroatoms. The highest BCUT2D eigenvalue weighted by molar-refractivity contribution is 6.02. The molecule has 4 rings (SSSR count). The number of hydrogen-bond acceptors (Lipinski definition) is 5. The molecule has 0 unspecified atom stereocenters. The molecule has 4 aliphatic rings. The molecular weight excluding hydrogens is 344 g/mol. The summed E-state index contributed by atoms with van der Waals surface area (Å²) < 4.78 is 0. The summed E-state index contributed by atoms with van der Waals surface area (Å²) in [4.78, 5) is 25.3. The lowest BCUT2D eigenvalue weighted by molar-refractivity contribution is -0.140. The van der Waals surface area contributed by atoms with Crippen LogP contribution in [0.2, 0.25) is 0 Å². The topological polar surface area (TPSA) is 94.8 Å². The third-order valence-corrected chi connectivity index (χ3v) is 8.74. The van der Waals surface area contributed by atoms with Crippen LogP contribution in [0.4, 0.5) is 0 Å². The number of rotatable bonds is 1. The van der Waals surface area contributed by atoms with Crippen LogP contribution in [0.1, 0.15) is 59.8 Å². The van der Waals surface area contributed by atoms with Crippen LogP contribution in [0, 0.1) is 40.4 Å². The molecule has 0 aromatic carbocycles. The molecule has 3 saturated carbocycles. The number of aliphatic hydroxyl groups is 3. The first-order valence-electron chi connectivity index (χ1n) is 10.2. The van der Waals surface area contributed by atoms with Crippen LogP contribution in [0.3, 0.4) is 0 Å². The first kappa shape index (κ1) is 18.6. The molecule has 3 fully saturated rings. The highest BCUT2D eigenvalue weighted by Crippen LogP contribution is 2.67. The number of Topliss-reactive ketones (excluding diaryl/α,β-unsaturated/α-hetero) is 2. The van der Waals surface area contributed by atoms with Gasteiger partial charge < -0.3 is 15.3 Å². The summed E-state index contributed by atoms with van der Waals surface area (Å²) in [7, 11) is 0. The normalized spacial score (nSPS) is 46.8. The van der Waals surface area contributed by atoms with E-state index in [0.29, 0.717) is 11.5 Å². The van der Waals surface area contributed by atoms with Crippen molar-refractivity contribution in [3.8, 4) is 0 Å². The van der Waals surface area contributed by atoms with Gasteiger partial charge in [0, 0.05) is 5.92 Å². The Morgan fingerprint density at radius 1 is 1.00 bits per heavy atom. The fourth-order valence-electron chi connectivity index (χ4n) is 7.60. The largest absolute Gasteiger partial charge is 0.504 e. The molecule has 0 saturated heterocycles. The van der Waals surface area contributed by atoms with Gasteiger partial charge in [-0.3, -0.25) is 9.59 Å². The van der Waals surface area contributed by atoms with Crippen LogP contribution in [0.5, 0.6) is 0 Å². The minimum atomic E-state index is -0.988. The van der Waals surface area contributed by atoms with E-state index in [1.54, 1.807) is 6.92 Å². The Morgan fingerprint density at radius 3 is 2.30 bits per heavy atom. The van der Waals surface area contributed by atoms with Crippen LogP contribution < -0.4 is 0 Å². The van der Waals surface area contributed by atoms with E-state index in [1.807, 2.05) is 13.8 Å². The van der Waals surface area contributed by atoms with Crippen LogP contribution in [0.25, 0.3) is 0 Å². The molecule has 0 aliphatic heterocycles. The van der Waals surface area contributed by atoms with Gasteiger partial charge in [0.2, 0.25) is 17.3 Å². The van der Waals surface area contributed by atoms with Crippen molar-refractivity contribution in [2.24, 2.45) is 40.4 Å². The first-order chi connectivity index (χ1) is 12.5. The predicted octanol–water partition coefficient (Wildman–Crippen LogP) is 4.40. The molecule has 27 heavy (non-hydrogen) atoms. The van der Waals surface area contributed by atoms with E-state index < -0.39 is 22.7 Å². The Kier molecular flexibility index (Phi) is 3.86. The Hall–Kier alpha value is -1.78. The quantitative estimate of drug-likeness (QED) is 0.632. The van der Waals surface area contributed by atoms with Crippen molar-refractivity contribution < 1.29 is 24.9 Å². The Labute approximate surface area is 160 Å². The molecule has 4 aliphatic carbocycles. The van der Waals surface area contributed by atoms with Gasteiger partial charge in [-0.05, 0) is 80.6 Å². The summed E-state index contributed by atoms with van der Waals surface area (Å²) in [6.07, 6.45) is 4.42. The van der Waals surface area contributed by atoms with Gasteiger partial charge in [0.15, 0.2) is 5.76 Å². The summed E-state index contributed by atoms with van der Waals surface area (Å²) in [5, 5.41) is 30.8. The second kappa shape index (κ2) is 5.62. The summed E-state index contributed by atoms with van der Waals surface area (Å²) in [5.74, 6) is -1.22. The van der Waals surface area contributed by atoms with Crippen molar-refractivity contribution in [3.05, 3.63) is 22.9 Å². The van der Waals surface area contributed by atoms with E-state index in [1.165, 1.54) is 0 Å². The standard InChI is InChI=1S/C22H30O5/c1-10-9-12-14-6-5-13(11(2)23)21(14,3)8-7-15(12)22(4)16(10)17(24)18(25)19(26)20(22)27/h10,12-15,24-26H,5-9H2,1-4H3/t10-,12-,13+,14-,15-,21+,22+/m0/s1. The molecule has 0 spiro atoms. The van der Waals surface area contributed by atoms with Crippen LogP contribution >= 0.6 is 0 Å². The maximum absolute atomic E-state index is 13.1. The van der Waals surface area contributed by atoms with E-state index >= 15 is 0 Å². The smallest absolute Gasteiger partial charge is 0.211 e. The fourth-order valence-corrected chi connectivity index (χ4v) is 7.60. The summed E-state index contributed by atoms with van der Waals surface area (Å²) in [6, 6.07) is 0. The third kappa shape index (κ3) is 2.11. The van der Waals surface area contributed by atoms with Gasteiger partial charge >= 0.3 is 0 Å². The number of fused-ring (bicyclic) bond motifs is 5. The second-order valence-corrected chi connectivity index (χ2v) is 9.79. The zero-order chi connectivity index (χ0) is 19.9. The van der Waals surface area contributed by atoms with Gasteiger partial charge in [-0.15, -0.1) is 0 Å². The van der Waals surface area contributed by atoms with Crippen molar-refractivity contribution in [2.75, 3.05) is 0 Å². The van der Waals surface area contributed by atoms with Crippen LogP contribution in [-0.4, -0.2) is 26.9 Å². The van der Waals surface area contributed by atoms with Crippen molar-refractivity contribution in [3.63, 3.8) is 0 Å². The molecule has 0 aromatic heterocycles. The highest BCUT2D eigenvalue weighted by Gasteiger charge is 2.64. The number of carbonyl (C=O) groups is 2. The van der Waals surface area contributed by atoms with Crippen molar-refractivity contribution in [1.29, 1.82) is 0 Å². The van der Waals surface area contributed by atoms with Gasteiger partial charge in [-0.25, -0.2) is 0 Å². The van der Waals surface area contributed by atoms with Gasteiger partial charge in [0.25, 0.3) is 0 Å². The lowest BCUT2D eigenvalue weighted by Gasteiger charge is -2.58. The molecule has 3 N–H and O–H groups in total. The zero-order valence-electron chi connectivity index (χ0n) is 16.6. The number of carbonyl (C=O) groups excluding carboxylic acids is 2. The van der Waals surface area contributed by atoms with Crippen LogP contribution in [0.15, 0.2) is 22.9 Å². The SMILES string of the molecule is CC(=O)[C@H]1CC[C@H]2[C@@H]3C[C@H](C)C4=C(O)C(O)=C(O)C(=O)[C@]4(C)[C@H]3CC[C@]12C. The third-order valence-electron chi connectivity index (χ3n) is 8.74. The maximum Gasteiger partial charge on any atom is 0.211 e. The minimum absolute atomic E-state index is 0.0115. The van der Waals surface area contributed by atoms with Crippen molar-refractivity contribution >= 4 is 11.6 Å². The zero-order valence-corrected chi connectivity index (χ0v) is 16.6. The molecular formula is C22H30O5. The van der Waals surface area contributed by atoms with E-state index in [9.17, 15) is 24.9 Å². The first-order valence-corrected chi connectivity index (χ1v) is 10.2. The monoisotopic (exact) mass is 374 g/mol. The van der Waals surface area contributed by atoms with Gasteiger partial charge in [-0.1, -0.05) is 13.8 Å². The van der Waals surface area contributed by atoms with E-state index in [4.69, 9.17) is 0 Å². The van der Waals surface area contributed by atoms with Gasteiger partial charge in [0.1, 0.15) is 5.78 Å². The average Bonchev–Trinajstić information content (AvgIpc) is 2.96. The predicted molar refractivity (Wildman–Crippen MR) is 100 cm³/mol. The average molecular weight is 374 g/mol. The number of ketones is 2. The lowest BCUT2D eigenvalue weighted by atomic mass is 9.45. The Morgan fingerprint density at radius 2 is 1.67 bits per heavy atom. The van der Waals surface area contributed by atoms with Crippen LogP contribution in [-0.2, 0) is 9.59 Å². The van der Waals surface area contributed by atoms with E-state index in [0.717, 1.165) is 32.1 Å².